The molecule has 0 aromatic carbocycles. The first kappa shape index (κ1) is 13.2. The normalized spacial score (nSPS) is 23.8. The lowest BCUT2D eigenvalue weighted by atomic mass is 10.1. The zero-order valence-electron chi connectivity index (χ0n) is 11.6. The summed E-state index contributed by atoms with van der Waals surface area (Å²) in [7, 11) is 0. The molecule has 0 amide bonds. The van der Waals surface area contributed by atoms with E-state index >= 15 is 0 Å². The van der Waals surface area contributed by atoms with Crippen LogP contribution in [0.2, 0.25) is 0 Å². The number of piperidine rings is 1. The lowest BCUT2D eigenvalue weighted by molar-refractivity contribution is 0.200. The Morgan fingerprint density at radius 1 is 1.32 bits per heavy atom. The summed E-state index contributed by atoms with van der Waals surface area (Å²) in [4.78, 5) is 2.56. The fourth-order valence-corrected chi connectivity index (χ4v) is 3.25. The maximum atomic E-state index is 5.65. The van der Waals surface area contributed by atoms with Crippen LogP contribution in [0.25, 0.3) is 0 Å². The summed E-state index contributed by atoms with van der Waals surface area (Å²) in [5.74, 6) is 1.11. The van der Waals surface area contributed by atoms with Gasteiger partial charge in [0.1, 0.15) is 5.76 Å². The zero-order chi connectivity index (χ0) is 12.9. The maximum absolute atomic E-state index is 5.65. The molecule has 0 saturated carbocycles. The van der Waals surface area contributed by atoms with Crippen molar-refractivity contribution in [2.75, 3.05) is 32.7 Å². The van der Waals surface area contributed by atoms with Gasteiger partial charge in [-0.1, -0.05) is 0 Å². The van der Waals surface area contributed by atoms with Crippen molar-refractivity contribution in [1.82, 2.24) is 15.5 Å². The molecule has 0 aliphatic carbocycles. The quantitative estimate of drug-likeness (QED) is 0.849. The largest absolute Gasteiger partial charge is 0.468 e. The predicted octanol–water partition coefficient (Wildman–Crippen LogP) is 1.76. The number of hydrogen-bond acceptors (Lipinski definition) is 4. The summed E-state index contributed by atoms with van der Waals surface area (Å²) in [5.41, 5.74) is 0. The Kier molecular flexibility index (Phi) is 4.53. The van der Waals surface area contributed by atoms with E-state index in [4.69, 9.17) is 4.42 Å². The van der Waals surface area contributed by atoms with Crippen molar-refractivity contribution in [1.29, 1.82) is 0 Å². The van der Waals surface area contributed by atoms with Crippen molar-refractivity contribution in [3.8, 4) is 0 Å². The van der Waals surface area contributed by atoms with E-state index in [0.717, 1.165) is 25.4 Å². The molecule has 1 unspecified atom stereocenters. The van der Waals surface area contributed by atoms with E-state index in [1.165, 1.54) is 38.8 Å². The SMILES string of the molecule is c1coc(C(CNC2CCNCC2)N2CCCC2)c1. The summed E-state index contributed by atoms with van der Waals surface area (Å²) >= 11 is 0. The van der Waals surface area contributed by atoms with Gasteiger partial charge >= 0.3 is 0 Å². The van der Waals surface area contributed by atoms with Crippen molar-refractivity contribution in [3.63, 3.8) is 0 Å². The van der Waals surface area contributed by atoms with Crippen molar-refractivity contribution in [2.45, 2.75) is 37.8 Å². The van der Waals surface area contributed by atoms with Gasteiger partial charge < -0.3 is 15.1 Å². The third-order valence-electron chi connectivity index (χ3n) is 4.39. The third kappa shape index (κ3) is 3.38. The summed E-state index contributed by atoms with van der Waals surface area (Å²) in [5, 5.41) is 7.16. The monoisotopic (exact) mass is 263 g/mol. The summed E-state index contributed by atoms with van der Waals surface area (Å²) in [6.45, 7) is 5.72. The highest BCUT2D eigenvalue weighted by atomic mass is 16.3. The first-order valence-electron chi connectivity index (χ1n) is 7.65. The molecule has 1 atom stereocenters. The molecule has 0 radical (unpaired) electrons. The van der Waals surface area contributed by atoms with Crippen LogP contribution in [0.4, 0.5) is 0 Å². The number of furan rings is 1. The number of rotatable bonds is 5. The van der Waals surface area contributed by atoms with Crippen LogP contribution in [0.5, 0.6) is 0 Å². The van der Waals surface area contributed by atoms with Gasteiger partial charge in [0.2, 0.25) is 0 Å². The maximum Gasteiger partial charge on any atom is 0.122 e. The van der Waals surface area contributed by atoms with Crippen molar-refractivity contribution >= 4 is 0 Å². The lowest BCUT2D eigenvalue weighted by Gasteiger charge is -2.30. The van der Waals surface area contributed by atoms with E-state index in [9.17, 15) is 0 Å². The Labute approximate surface area is 115 Å². The molecule has 2 aliphatic rings. The van der Waals surface area contributed by atoms with Crippen LogP contribution in [0, 0.1) is 0 Å². The Hall–Kier alpha value is -0.840. The van der Waals surface area contributed by atoms with Crippen LogP contribution in [0.15, 0.2) is 22.8 Å². The number of likely N-dealkylation sites (tertiary alicyclic amines) is 1. The van der Waals surface area contributed by atoms with E-state index < -0.39 is 0 Å². The van der Waals surface area contributed by atoms with Crippen LogP contribution < -0.4 is 10.6 Å². The molecule has 0 bridgehead atoms. The Morgan fingerprint density at radius 3 is 2.79 bits per heavy atom. The number of nitrogens with one attached hydrogen (secondary N) is 2. The number of hydrogen-bond donors (Lipinski definition) is 2. The Morgan fingerprint density at radius 2 is 2.11 bits per heavy atom. The molecule has 2 N–H and O–H groups in total. The lowest BCUT2D eigenvalue weighted by Crippen LogP contribution is -2.43. The molecule has 1 aromatic rings. The van der Waals surface area contributed by atoms with E-state index in [1.54, 1.807) is 6.26 Å². The molecule has 0 spiro atoms. The zero-order valence-corrected chi connectivity index (χ0v) is 11.6. The fourth-order valence-electron chi connectivity index (χ4n) is 3.25. The molecule has 4 heteroatoms. The van der Waals surface area contributed by atoms with Gasteiger partial charge in [-0.25, -0.2) is 0 Å². The summed E-state index contributed by atoms with van der Waals surface area (Å²) in [6, 6.07) is 5.20. The van der Waals surface area contributed by atoms with Gasteiger partial charge in [-0.2, -0.15) is 0 Å². The molecule has 19 heavy (non-hydrogen) atoms. The molecule has 2 fully saturated rings. The highest BCUT2D eigenvalue weighted by molar-refractivity contribution is 5.06. The highest BCUT2D eigenvalue weighted by Crippen LogP contribution is 2.25. The molecule has 4 nitrogen and oxygen atoms in total. The number of nitrogens with zero attached hydrogens (tertiary/aromatic N) is 1. The van der Waals surface area contributed by atoms with Gasteiger partial charge in [0.15, 0.2) is 0 Å². The van der Waals surface area contributed by atoms with Crippen molar-refractivity contribution in [3.05, 3.63) is 24.2 Å². The smallest absolute Gasteiger partial charge is 0.122 e. The van der Waals surface area contributed by atoms with E-state index in [2.05, 4.69) is 21.6 Å². The first-order valence-corrected chi connectivity index (χ1v) is 7.65. The fraction of sp³-hybridized carbons (Fsp3) is 0.733. The van der Waals surface area contributed by atoms with Crippen LogP contribution in [0.3, 0.4) is 0 Å². The van der Waals surface area contributed by atoms with Crippen LogP contribution in [-0.4, -0.2) is 43.7 Å². The van der Waals surface area contributed by atoms with Crippen LogP contribution >= 0.6 is 0 Å². The third-order valence-corrected chi connectivity index (χ3v) is 4.39. The average Bonchev–Trinajstić information content (AvgIpc) is 3.13. The van der Waals surface area contributed by atoms with Crippen molar-refractivity contribution < 1.29 is 4.42 Å². The van der Waals surface area contributed by atoms with Gasteiger partial charge in [-0.05, 0) is 64.0 Å². The molecule has 3 heterocycles. The highest BCUT2D eigenvalue weighted by Gasteiger charge is 2.26. The molecule has 106 valence electrons. The van der Waals surface area contributed by atoms with Crippen LogP contribution in [0.1, 0.15) is 37.5 Å². The Balaban J connectivity index is 1.58. The van der Waals surface area contributed by atoms with Gasteiger partial charge in [0.05, 0.1) is 12.3 Å². The molecule has 2 aliphatic heterocycles. The minimum atomic E-state index is 0.410. The second kappa shape index (κ2) is 6.55. The predicted molar refractivity (Wildman–Crippen MR) is 76.2 cm³/mol. The molecule has 2 saturated heterocycles. The minimum Gasteiger partial charge on any atom is -0.468 e. The van der Waals surface area contributed by atoms with Gasteiger partial charge in [-0.3, -0.25) is 4.90 Å². The standard InChI is InChI=1S/C15H25N3O/c1-2-10-18(9-1)14(15-4-3-11-19-15)12-17-13-5-7-16-8-6-13/h3-4,11,13-14,16-17H,1-2,5-10,12H2. The first-order chi connectivity index (χ1) is 9.43. The van der Waals surface area contributed by atoms with Crippen LogP contribution in [-0.2, 0) is 0 Å². The second-order valence-corrected chi connectivity index (χ2v) is 5.71. The second-order valence-electron chi connectivity index (χ2n) is 5.71. The van der Waals surface area contributed by atoms with E-state index in [-0.39, 0.29) is 0 Å². The van der Waals surface area contributed by atoms with Gasteiger partial charge in [-0.15, -0.1) is 0 Å². The van der Waals surface area contributed by atoms with Crippen molar-refractivity contribution in [2.24, 2.45) is 0 Å². The van der Waals surface area contributed by atoms with E-state index in [1.807, 2.05) is 6.07 Å². The van der Waals surface area contributed by atoms with Gasteiger partial charge in [0, 0.05) is 12.6 Å². The average molecular weight is 263 g/mol. The molecular weight excluding hydrogens is 238 g/mol. The molecule has 3 rings (SSSR count). The van der Waals surface area contributed by atoms with Gasteiger partial charge in [0.25, 0.3) is 0 Å². The summed E-state index contributed by atoms with van der Waals surface area (Å²) < 4.78 is 5.65. The summed E-state index contributed by atoms with van der Waals surface area (Å²) in [6.07, 6.45) is 6.92. The molecule has 1 aromatic heterocycles. The van der Waals surface area contributed by atoms with E-state index in [0.29, 0.717) is 12.1 Å². The topological polar surface area (TPSA) is 40.4 Å². The Bertz CT molecular complexity index is 353. The molecular formula is C15H25N3O. The minimum absolute atomic E-state index is 0.410.